The molecule has 1 aromatic rings. The first kappa shape index (κ1) is 17.8. The number of nitrogens with zero attached hydrogens (tertiary/aromatic N) is 1. The Morgan fingerprint density at radius 2 is 2.09 bits per heavy atom. The lowest BCUT2D eigenvalue weighted by Crippen LogP contribution is -2.40. The standard InChI is InChI=1S/C18H28N2O3/c1-14-5-6-15(2)17(13-14)23-16(3)18(21)19-7-4-8-20-9-11-22-12-10-20/h5-6,13,16H,4,7-12H2,1-3H3,(H,19,21). The highest BCUT2D eigenvalue weighted by Gasteiger charge is 2.15. The third-order valence-corrected chi connectivity index (χ3v) is 4.07. The first-order valence-corrected chi connectivity index (χ1v) is 8.38. The fourth-order valence-electron chi connectivity index (χ4n) is 2.56. The van der Waals surface area contributed by atoms with Crippen molar-refractivity contribution in [3.8, 4) is 5.75 Å². The van der Waals surface area contributed by atoms with Crippen molar-refractivity contribution in [2.45, 2.75) is 33.3 Å². The van der Waals surface area contributed by atoms with Gasteiger partial charge in [-0.3, -0.25) is 9.69 Å². The van der Waals surface area contributed by atoms with Crippen LogP contribution >= 0.6 is 0 Å². The van der Waals surface area contributed by atoms with E-state index in [9.17, 15) is 4.79 Å². The molecule has 1 saturated heterocycles. The number of carbonyl (C=O) groups excluding carboxylic acids is 1. The minimum atomic E-state index is -0.487. The summed E-state index contributed by atoms with van der Waals surface area (Å²) in [5, 5.41) is 2.95. The molecule has 1 aliphatic rings. The lowest BCUT2D eigenvalue weighted by molar-refractivity contribution is -0.127. The summed E-state index contributed by atoms with van der Waals surface area (Å²) in [7, 11) is 0. The van der Waals surface area contributed by atoms with E-state index in [1.165, 1.54) is 0 Å². The summed E-state index contributed by atoms with van der Waals surface area (Å²) < 4.78 is 11.1. The predicted molar refractivity (Wildman–Crippen MR) is 90.9 cm³/mol. The van der Waals surface area contributed by atoms with Gasteiger partial charge in [0.05, 0.1) is 13.2 Å². The van der Waals surface area contributed by atoms with Crippen molar-refractivity contribution in [1.29, 1.82) is 0 Å². The van der Waals surface area contributed by atoms with E-state index in [2.05, 4.69) is 10.2 Å². The largest absolute Gasteiger partial charge is 0.481 e. The predicted octanol–water partition coefficient (Wildman–Crippen LogP) is 1.91. The number of carbonyl (C=O) groups is 1. The van der Waals surface area contributed by atoms with Gasteiger partial charge in [-0.05, 0) is 50.9 Å². The molecule has 1 heterocycles. The maximum atomic E-state index is 12.1. The van der Waals surface area contributed by atoms with Gasteiger partial charge in [0.2, 0.25) is 0 Å². The average molecular weight is 320 g/mol. The molecule has 1 atom stereocenters. The number of hydrogen-bond acceptors (Lipinski definition) is 4. The second-order valence-corrected chi connectivity index (χ2v) is 6.13. The van der Waals surface area contributed by atoms with E-state index >= 15 is 0 Å². The number of nitrogens with one attached hydrogen (secondary N) is 1. The number of amides is 1. The molecule has 5 nitrogen and oxygen atoms in total. The monoisotopic (exact) mass is 320 g/mol. The van der Waals surface area contributed by atoms with E-state index < -0.39 is 6.10 Å². The van der Waals surface area contributed by atoms with Crippen LogP contribution in [0.2, 0.25) is 0 Å². The molecular formula is C18H28N2O3. The Hall–Kier alpha value is -1.59. The molecule has 1 aromatic carbocycles. The Labute approximate surface area is 139 Å². The topological polar surface area (TPSA) is 50.8 Å². The molecule has 0 radical (unpaired) electrons. The van der Waals surface area contributed by atoms with Crippen molar-refractivity contribution in [1.82, 2.24) is 10.2 Å². The smallest absolute Gasteiger partial charge is 0.260 e. The van der Waals surface area contributed by atoms with Crippen molar-refractivity contribution in [2.75, 3.05) is 39.4 Å². The van der Waals surface area contributed by atoms with Crippen LogP contribution in [0.4, 0.5) is 0 Å². The Kier molecular flexibility index (Phi) is 6.86. The number of rotatable bonds is 7. The highest BCUT2D eigenvalue weighted by atomic mass is 16.5. The van der Waals surface area contributed by atoms with Crippen LogP contribution in [0.5, 0.6) is 5.75 Å². The van der Waals surface area contributed by atoms with Gasteiger partial charge in [0.25, 0.3) is 5.91 Å². The van der Waals surface area contributed by atoms with Crippen molar-refractivity contribution >= 4 is 5.91 Å². The van der Waals surface area contributed by atoms with Gasteiger partial charge >= 0.3 is 0 Å². The molecule has 23 heavy (non-hydrogen) atoms. The lowest BCUT2D eigenvalue weighted by Gasteiger charge is -2.26. The van der Waals surface area contributed by atoms with Gasteiger partial charge in [-0.1, -0.05) is 12.1 Å². The zero-order chi connectivity index (χ0) is 16.7. The molecule has 1 unspecified atom stereocenters. The summed E-state index contributed by atoms with van der Waals surface area (Å²) in [6, 6.07) is 6.02. The molecule has 0 spiro atoms. The molecule has 2 rings (SSSR count). The minimum absolute atomic E-state index is 0.0621. The third kappa shape index (κ3) is 5.84. The van der Waals surface area contributed by atoms with Crippen LogP contribution < -0.4 is 10.1 Å². The van der Waals surface area contributed by atoms with Crippen LogP contribution in [0.15, 0.2) is 18.2 Å². The van der Waals surface area contributed by atoms with Crippen molar-refractivity contribution in [2.24, 2.45) is 0 Å². The fraction of sp³-hybridized carbons (Fsp3) is 0.611. The van der Waals surface area contributed by atoms with Gasteiger partial charge < -0.3 is 14.8 Å². The van der Waals surface area contributed by atoms with E-state index in [-0.39, 0.29) is 5.91 Å². The van der Waals surface area contributed by atoms with Gasteiger partial charge in [-0.15, -0.1) is 0 Å². The van der Waals surface area contributed by atoms with Crippen molar-refractivity contribution < 1.29 is 14.3 Å². The van der Waals surface area contributed by atoms with Crippen LogP contribution in [-0.2, 0) is 9.53 Å². The molecular weight excluding hydrogens is 292 g/mol. The summed E-state index contributed by atoms with van der Waals surface area (Å²) in [5.41, 5.74) is 2.17. The van der Waals surface area contributed by atoms with Gasteiger partial charge in [0, 0.05) is 19.6 Å². The van der Waals surface area contributed by atoms with Crippen LogP contribution in [0.3, 0.4) is 0 Å². The molecule has 0 bridgehead atoms. The Balaban J connectivity index is 1.69. The highest BCUT2D eigenvalue weighted by Crippen LogP contribution is 2.20. The summed E-state index contributed by atoms with van der Waals surface area (Å²) in [4.78, 5) is 14.5. The molecule has 1 fully saturated rings. The molecule has 0 saturated carbocycles. The first-order chi connectivity index (χ1) is 11.1. The van der Waals surface area contributed by atoms with Crippen molar-refractivity contribution in [3.05, 3.63) is 29.3 Å². The Morgan fingerprint density at radius 3 is 2.83 bits per heavy atom. The highest BCUT2D eigenvalue weighted by molar-refractivity contribution is 5.80. The summed E-state index contributed by atoms with van der Waals surface area (Å²) in [5.74, 6) is 0.717. The number of ether oxygens (including phenoxy) is 2. The normalized spacial score (nSPS) is 16.8. The third-order valence-electron chi connectivity index (χ3n) is 4.07. The van der Waals surface area contributed by atoms with E-state index in [0.717, 1.165) is 56.1 Å². The number of aryl methyl sites for hydroxylation is 2. The minimum Gasteiger partial charge on any atom is -0.481 e. The quantitative estimate of drug-likeness (QED) is 0.780. The van der Waals surface area contributed by atoms with Gasteiger partial charge in [-0.25, -0.2) is 0 Å². The maximum Gasteiger partial charge on any atom is 0.260 e. The van der Waals surface area contributed by atoms with E-state index in [4.69, 9.17) is 9.47 Å². The van der Waals surface area contributed by atoms with Gasteiger partial charge in [0.1, 0.15) is 5.75 Å². The summed E-state index contributed by atoms with van der Waals surface area (Å²) in [6.07, 6.45) is 0.459. The second-order valence-electron chi connectivity index (χ2n) is 6.13. The average Bonchev–Trinajstić information content (AvgIpc) is 2.55. The van der Waals surface area contributed by atoms with Gasteiger partial charge in [0.15, 0.2) is 6.10 Å². The van der Waals surface area contributed by atoms with Crippen LogP contribution in [0.1, 0.15) is 24.5 Å². The fourth-order valence-corrected chi connectivity index (χ4v) is 2.56. The Morgan fingerprint density at radius 1 is 1.35 bits per heavy atom. The zero-order valence-corrected chi connectivity index (χ0v) is 14.4. The van der Waals surface area contributed by atoms with Crippen LogP contribution in [0, 0.1) is 13.8 Å². The summed E-state index contributed by atoms with van der Waals surface area (Å²) in [6.45, 7) is 11.1. The number of morpholine rings is 1. The molecule has 5 heteroatoms. The molecule has 1 aliphatic heterocycles. The van der Waals surface area contributed by atoms with Crippen LogP contribution in [0.25, 0.3) is 0 Å². The zero-order valence-electron chi connectivity index (χ0n) is 14.4. The lowest BCUT2D eigenvalue weighted by atomic mass is 10.1. The SMILES string of the molecule is Cc1ccc(C)c(OC(C)C(=O)NCCCN2CCOCC2)c1. The van der Waals surface area contributed by atoms with Crippen LogP contribution in [-0.4, -0.2) is 56.3 Å². The maximum absolute atomic E-state index is 12.1. The van der Waals surface area contributed by atoms with E-state index in [0.29, 0.717) is 6.54 Å². The van der Waals surface area contributed by atoms with Crippen molar-refractivity contribution in [3.63, 3.8) is 0 Å². The first-order valence-electron chi connectivity index (χ1n) is 8.38. The van der Waals surface area contributed by atoms with Gasteiger partial charge in [-0.2, -0.15) is 0 Å². The molecule has 0 aliphatic carbocycles. The molecule has 0 aromatic heterocycles. The molecule has 1 amide bonds. The van der Waals surface area contributed by atoms with E-state index in [1.54, 1.807) is 6.92 Å². The second kappa shape index (κ2) is 8.89. The number of hydrogen-bond donors (Lipinski definition) is 1. The number of benzene rings is 1. The van der Waals surface area contributed by atoms with E-state index in [1.807, 2.05) is 32.0 Å². The summed E-state index contributed by atoms with van der Waals surface area (Å²) >= 11 is 0. The Bertz CT molecular complexity index is 513. The molecule has 1 N–H and O–H groups in total. The molecule has 128 valence electrons.